The van der Waals surface area contributed by atoms with Crippen LogP contribution in [0.5, 0.6) is 0 Å². The van der Waals surface area contributed by atoms with Crippen molar-refractivity contribution in [3.05, 3.63) is 54.5 Å². The van der Waals surface area contributed by atoms with Crippen LogP contribution in [0.15, 0.2) is 48.9 Å². The van der Waals surface area contributed by atoms with E-state index in [-0.39, 0.29) is 12.5 Å². The normalized spacial score (nSPS) is 22.3. The molecule has 2 atom stereocenters. The summed E-state index contributed by atoms with van der Waals surface area (Å²) in [5.41, 5.74) is 1.69. The van der Waals surface area contributed by atoms with Crippen molar-refractivity contribution in [2.24, 2.45) is 5.41 Å². The van der Waals surface area contributed by atoms with Crippen LogP contribution in [0.1, 0.15) is 36.5 Å². The van der Waals surface area contributed by atoms with Crippen molar-refractivity contribution in [3.63, 3.8) is 0 Å². The van der Waals surface area contributed by atoms with Gasteiger partial charge in [-0.2, -0.15) is 0 Å². The minimum atomic E-state index is -1.31. The Morgan fingerprint density at radius 3 is 2.47 bits per heavy atom. The highest BCUT2D eigenvalue weighted by Gasteiger charge is 2.53. The highest BCUT2D eigenvalue weighted by atomic mass is 31.0. The van der Waals surface area contributed by atoms with E-state index in [0.717, 1.165) is 42.4 Å². The van der Waals surface area contributed by atoms with E-state index < -0.39 is 5.67 Å². The molecule has 38 heavy (non-hydrogen) atoms. The maximum absolute atomic E-state index is 14.8. The number of alkyl halides is 1. The molecular formula is C28H32FN6O2P. The van der Waals surface area contributed by atoms with Crippen molar-refractivity contribution in [2.75, 3.05) is 48.4 Å². The SMILES string of the molecule is COC1CC2(C1)CN(c1ncc(C(=O)Nc3c(-c4ccccc4P)ccnc3N3CCC(C)(F)C3)cn1)C2. The van der Waals surface area contributed by atoms with Gasteiger partial charge in [-0.25, -0.2) is 19.3 Å². The second-order valence-corrected chi connectivity index (χ2v) is 11.7. The fourth-order valence-corrected chi connectivity index (χ4v) is 6.27. The minimum Gasteiger partial charge on any atom is -0.381 e. The van der Waals surface area contributed by atoms with Gasteiger partial charge in [-0.15, -0.1) is 9.24 Å². The molecule has 198 valence electrons. The molecule has 2 saturated heterocycles. The first-order valence-electron chi connectivity index (χ1n) is 12.9. The molecule has 1 spiro atoms. The Morgan fingerprint density at radius 2 is 1.82 bits per heavy atom. The van der Waals surface area contributed by atoms with Crippen molar-refractivity contribution < 1.29 is 13.9 Å². The molecule has 0 radical (unpaired) electrons. The predicted octanol–water partition coefficient (Wildman–Crippen LogP) is 3.84. The molecule has 8 nitrogen and oxygen atoms in total. The number of nitrogens with zero attached hydrogens (tertiary/aromatic N) is 5. The number of methoxy groups -OCH3 is 1. The third-order valence-corrected chi connectivity index (χ3v) is 8.54. The molecule has 1 aromatic carbocycles. The first-order valence-corrected chi connectivity index (χ1v) is 13.5. The fraction of sp³-hybridized carbons (Fsp3) is 0.429. The molecule has 0 bridgehead atoms. The van der Waals surface area contributed by atoms with E-state index in [1.165, 1.54) is 0 Å². The van der Waals surface area contributed by atoms with E-state index in [4.69, 9.17) is 4.74 Å². The van der Waals surface area contributed by atoms with Crippen molar-refractivity contribution in [1.29, 1.82) is 0 Å². The summed E-state index contributed by atoms with van der Waals surface area (Å²) in [6.07, 6.45) is 7.77. The van der Waals surface area contributed by atoms with Crippen LogP contribution in [0, 0.1) is 5.41 Å². The summed E-state index contributed by atoms with van der Waals surface area (Å²) in [6, 6.07) is 9.77. The van der Waals surface area contributed by atoms with Crippen LogP contribution in [0.25, 0.3) is 11.1 Å². The van der Waals surface area contributed by atoms with Crippen molar-refractivity contribution in [3.8, 4) is 11.1 Å². The Balaban J connectivity index is 1.24. The lowest BCUT2D eigenvalue weighted by molar-refractivity contribution is -0.0735. The number of pyridine rings is 1. The van der Waals surface area contributed by atoms with Crippen LogP contribution >= 0.6 is 9.24 Å². The van der Waals surface area contributed by atoms with Gasteiger partial charge in [-0.05, 0) is 36.7 Å². The molecule has 1 N–H and O–H groups in total. The predicted molar refractivity (Wildman–Crippen MR) is 150 cm³/mol. The highest BCUT2D eigenvalue weighted by molar-refractivity contribution is 7.28. The number of carbonyl (C=O) groups is 1. The molecule has 1 saturated carbocycles. The molecule has 2 aromatic heterocycles. The minimum absolute atomic E-state index is 0.217. The Bertz CT molecular complexity index is 1350. The van der Waals surface area contributed by atoms with Gasteiger partial charge in [0.2, 0.25) is 5.95 Å². The number of hydrogen-bond donors (Lipinski definition) is 1. The van der Waals surface area contributed by atoms with Gasteiger partial charge in [0.15, 0.2) is 5.82 Å². The van der Waals surface area contributed by atoms with Crippen molar-refractivity contribution in [2.45, 2.75) is 38.0 Å². The number of nitrogens with one attached hydrogen (secondary N) is 1. The molecule has 10 heteroatoms. The number of aromatic nitrogens is 3. The maximum atomic E-state index is 14.8. The zero-order chi connectivity index (χ0) is 26.5. The smallest absolute Gasteiger partial charge is 0.258 e. The van der Waals surface area contributed by atoms with Crippen LogP contribution in [0.3, 0.4) is 0 Å². The summed E-state index contributed by atoms with van der Waals surface area (Å²) in [5.74, 6) is 0.855. The van der Waals surface area contributed by atoms with Crippen molar-refractivity contribution in [1.82, 2.24) is 15.0 Å². The lowest BCUT2D eigenvalue weighted by Crippen LogP contribution is -2.64. The number of hydrogen-bond acceptors (Lipinski definition) is 7. The van der Waals surface area contributed by atoms with E-state index in [1.54, 1.807) is 32.6 Å². The average molecular weight is 535 g/mol. The summed E-state index contributed by atoms with van der Waals surface area (Å²) in [6.45, 7) is 4.17. The topological polar surface area (TPSA) is 83.5 Å². The number of halogens is 1. The van der Waals surface area contributed by atoms with Gasteiger partial charge < -0.3 is 19.9 Å². The van der Waals surface area contributed by atoms with E-state index >= 15 is 0 Å². The third kappa shape index (κ3) is 4.63. The Labute approximate surface area is 224 Å². The van der Waals surface area contributed by atoms with Gasteiger partial charge in [-0.3, -0.25) is 4.79 Å². The summed E-state index contributed by atoms with van der Waals surface area (Å²) in [7, 11) is 4.50. The first kappa shape index (κ1) is 25.1. The van der Waals surface area contributed by atoms with Crippen LogP contribution in [-0.4, -0.2) is 65.9 Å². The summed E-state index contributed by atoms with van der Waals surface area (Å²) < 4.78 is 20.2. The number of benzene rings is 1. The van der Waals surface area contributed by atoms with E-state index in [0.29, 0.717) is 47.5 Å². The molecule has 3 aromatic rings. The second kappa shape index (κ2) is 9.54. The summed E-state index contributed by atoms with van der Waals surface area (Å²) in [5, 5.41) is 4.05. The lowest BCUT2D eigenvalue weighted by atomic mass is 9.62. The summed E-state index contributed by atoms with van der Waals surface area (Å²) in [4.78, 5) is 31.0. The molecule has 2 aliphatic heterocycles. The van der Waals surface area contributed by atoms with Crippen LogP contribution in [0.2, 0.25) is 0 Å². The Morgan fingerprint density at radius 1 is 1.08 bits per heavy atom. The van der Waals surface area contributed by atoms with Crippen LogP contribution in [-0.2, 0) is 4.74 Å². The van der Waals surface area contributed by atoms with Gasteiger partial charge in [0, 0.05) is 62.7 Å². The molecule has 3 fully saturated rings. The summed E-state index contributed by atoms with van der Waals surface area (Å²) >= 11 is 0. The molecular weight excluding hydrogens is 502 g/mol. The second-order valence-electron chi connectivity index (χ2n) is 11.1. The van der Waals surface area contributed by atoms with E-state index in [1.807, 2.05) is 35.2 Å². The van der Waals surface area contributed by atoms with Crippen LogP contribution in [0.4, 0.5) is 21.8 Å². The van der Waals surface area contributed by atoms with Gasteiger partial charge in [0.25, 0.3) is 5.91 Å². The molecule has 6 rings (SSSR count). The number of carbonyl (C=O) groups excluding carboxylic acids is 1. The number of ether oxygens (including phenoxy) is 1. The number of rotatable bonds is 6. The maximum Gasteiger partial charge on any atom is 0.258 e. The molecule has 3 aliphatic rings. The zero-order valence-electron chi connectivity index (χ0n) is 21.7. The quantitative estimate of drug-likeness (QED) is 0.481. The molecule has 1 aliphatic carbocycles. The largest absolute Gasteiger partial charge is 0.381 e. The van der Waals surface area contributed by atoms with Crippen LogP contribution < -0.4 is 20.4 Å². The van der Waals surface area contributed by atoms with Gasteiger partial charge >= 0.3 is 0 Å². The Kier molecular flexibility index (Phi) is 6.31. The van der Waals surface area contributed by atoms with E-state index in [2.05, 4.69) is 34.4 Å². The van der Waals surface area contributed by atoms with E-state index in [9.17, 15) is 9.18 Å². The van der Waals surface area contributed by atoms with Gasteiger partial charge in [0.1, 0.15) is 5.67 Å². The first-order chi connectivity index (χ1) is 18.3. The fourth-order valence-electron chi connectivity index (χ4n) is 5.91. The molecule has 1 amide bonds. The standard InChI is InChI=1S/C28H32FN6O2P/c1-27(29)8-10-34(15-27)24-23(21(7-9-30-24)20-5-3-4-6-22(20)38)33-25(36)18-13-31-26(32-14-18)35-16-28(17-35)11-19(12-28)37-2/h3-7,9,13-14,19H,8,10-12,15-17,38H2,1-2H3,(H,33,36). The monoisotopic (exact) mass is 534 g/mol. The highest BCUT2D eigenvalue weighted by Crippen LogP contribution is 2.50. The lowest BCUT2D eigenvalue weighted by Gasteiger charge is -2.58. The number of anilines is 3. The molecule has 2 unspecified atom stereocenters. The number of amides is 1. The van der Waals surface area contributed by atoms with Crippen molar-refractivity contribution >= 4 is 37.9 Å². The Hall–Kier alpha value is -3.16. The average Bonchev–Trinajstić information content (AvgIpc) is 3.23. The van der Waals surface area contributed by atoms with Gasteiger partial charge in [-0.1, -0.05) is 24.3 Å². The van der Waals surface area contributed by atoms with Gasteiger partial charge in [0.05, 0.1) is 23.9 Å². The third-order valence-electron chi connectivity index (χ3n) is 8.03. The zero-order valence-corrected chi connectivity index (χ0v) is 22.8. The molecule has 4 heterocycles.